The molecule has 0 aliphatic rings. The van der Waals surface area contributed by atoms with Gasteiger partial charge in [0.2, 0.25) is 0 Å². The van der Waals surface area contributed by atoms with Gasteiger partial charge in [-0.3, -0.25) is 4.98 Å². The van der Waals surface area contributed by atoms with Crippen molar-refractivity contribution >= 4 is 10.9 Å². The van der Waals surface area contributed by atoms with E-state index in [0.29, 0.717) is 6.54 Å². The highest BCUT2D eigenvalue weighted by atomic mass is 16.5. The summed E-state index contributed by atoms with van der Waals surface area (Å²) in [5.41, 5.74) is 6.47. The van der Waals surface area contributed by atoms with Gasteiger partial charge < -0.3 is 10.5 Å². The zero-order valence-electron chi connectivity index (χ0n) is 9.39. The molecule has 1 aromatic heterocycles. The van der Waals surface area contributed by atoms with E-state index >= 15 is 0 Å². The van der Waals surface area contributed by atoms with E-state index < -0.39 is 0 Å². The molecule has 1 unspecified atom stereocenters. The van der Waals surface area contributed by atoms with E-state index in [1.165, 1.54) is 0 Å². The molecule has 2 N–H and O–H groups in total. The fraction of sp³-hybridized carbons (Fsp3) is 0.308. The van der Waals surface area contributed by atoms with E-state index in [4.69, 9.17) is 10.5 Å². The number of aromatic nitrogens is 1. The quantitative estimate of drug-likeness (QED) is 0.853. The predicted octanol–water partition coefficient (Wildman–Crippen LogP) is 2.35. The fourth-order valence-electron chi connectivity index (χ4n) is 1.65. The summed E-state index contributed by atoms with van der Waals surface area (Å²) < 4.78 is 5.76. The van der Waals surface area contributed by atoms with Crippen LogP contribution in [0.2, 0.25) is 0 Å². The van der Waals surface area contributed by atoms with Gasteiger partial charge in [0.15, 0.2) is 0 Å². The average molecular weight is 216 g/mol. The van der Waals surface area contributed by atoms with Crippen molar-refractivity contribution in [3.63, 3.8) is 0 Å². The molecule has 1 atom stereocenters. The van der Waals surface area contributed by atoms with E-state index in [1.54, 1.807) is 6.20 Å². The van der Waals surface area contributed by atoms with Crippen LogP contribution in [0.4, 0.5) is 0 Å². The van der Waals surface area contributed by atoms with Crippen LogP contribution in [0.15, 0.2) is 36.5 Å². The maximum atomic E-state index is 5.76. The first-order valence-corrected chi connectivity index (χ1v) is 5.51. The summed E-state index contributed by atoms with van der Waals surface area (Å²) in [6.45, 7) is 2.68. The van der Waals surface area contributed by atoms with Crippen molar-refractivity contribution in [2.75, 3.05) is 6.54 Å². The number of nitrogens with zero attached hydrogens (tertiary/aromatic N) is 1. The minimum atomic E-state index is 0.152. The second kappa shape index (κ2) is 4.94. The lowest BCUT2D eigenvalue weighted by Crippen LogP contribution is -2.16. The molecule has 0 saturated heterocycles. The number of fused-ring (bicyclic) bond motifs is 1. The smallest absolute Gasteiger partial charge is 0.120 e. The molecule has 1 heterocycles. The lowest BCUT2D eigenvalue weighted by atomic mass is 10.2. The van der Waals surface area contributed by atoms with Crippen LogP contribution < -0.4 is 10.5 Å². The number of benzene rings is 1. The lowest BCUT2D eigenvalue weighted by molar-refractivity contribution is 0.214. The highest BCUT2D eigenvalue weighted by Crippen LogP contribution is 2.20. The number of ether oxygens (including phenoxy) is 1. The van der Waals surface area contributed by atoms with Gasteiger partial charge in [0.05, 0.1) is 11.6 Å². The maximum absolute atomic E-state index is 5.76. The van der Waals surface area contributed by atoms with Crippen molar-refractivity contribution in [2.24, 2.45) is 5.73 Å². The number of nitrogens with two attached hydrogens (primary N) is 1. The Morgan fingerprint density at radius 2 is 2.25 bits per heavy atom. The van der Waals surface area contributed by atoms with E-state index in [1.807, 2.05) is 37.3 Å². The molecule has 0 fully saturated rings. The fourth-order valence-corrected chi connectivity index (χ4v) is 1.65. The number of hydrogen-bond donors (Lipinski definition) is 1. The summed E-state index contributed by atoms with van der Waals surface area (Å²) in [6.07, 6.45) is 2.81. The minimum absolute atomic E-state index is 0.152. The Hall–Kier alpha value is -1.61. The van der Waals surface area contributed by atoms with Crippen LogP contribution in [-0.4, -0.2) is 17.6 Å². The monoisotopic (exact) mass is 216 g/mol. The Balaban J connectivity index is 2.19. The van der Waals surface area contributed by atoms with Crippen molar-refractivity contribution in [1.29, 1.82) is 0 Å². The Labute approximate surface area is 95.2 Å². The Kier molecular flexibility index (Phi) is 3.37. The molecule has 0 aliphatic carbocycles. The van der Waals surface area contributed by atoms with Gasteiger partial charge in [-0.15, -0.1) is 0 Å². The highest BCUT2D eigenvalue weighted by molar-refractivity contribution is 5.79. The third kappa shape index (κ3) is 2.49. The normalized spacial score (nSPS) is 12.6. The Morgan fingerprint density at radius 1 is 1.38 bits per heavy atom. The largest absolute Gasteiger partial charge is 0.491 e. The highest BCUT2D eigenvalue weighted by Gasteiger charge is 2.03. The van der Waals surface area contributed by atoms with Crippen LogP contribution in [0.25, 0.3) is 10.9 Å². The average Bonchev–Trinajstić information content (AvgIpc) is 2.29. The zero-order chi connectivity index (χ0) is 11.4. The summed E-state index contributed by atoms with van der Waals surface area (Å²) in [7, 11) is 0. The molecule has 3 heteroatoms. The molecular weight excluding hydrogens is 200 g/mol. The first kappa shape index (κ1) is 10.9. The third-order valence-corrected chi connectivity index (χ3v) is 2.48. The van der Waals surface area contributed by atoms with Crippen molar-refractivity contribution in [3.8, 4) is 5.75 Å². The molecule has 2 rings (SSSR count). The van der Waals surface area contributed by atoms with Gasteiger partial charge in [-0.2, -0.15) is 0 Å². The molecular formula is C13H16N2O. The van der Waals surface area contributed by atoms with Gasteiger partial charge in [-0.1, -0.05) is 6.07 Å². The SMILES string of the molecule is CC(CCN)Oc1ccc2ncccc2c1. The number of hydrogen-bond acceptors (Lipinski definition) is 3. The van der Waals surface area contributed by atoms with Crippen LogP contribution in [0.1, 0.15) is 13.3 Å². The first-order valence-electron chi connectivity index (χ1n) is 5.51. The van der Waals surface area contributed by atoms with Gasteiger partial charge in [-0.25, -0.2) is 0 Å². The molecule has 2 aromatic rings. The van der Waals surface area contributed by atoms with Crippen molar-refractivity contribution < 1.29 is 4.74 Å². The van der Waals surface area contributed by atoms with Crippen molar-refractivity contribution in [2.45, 2.75) is 19.4 Å². The topological polar surface area (TPSA) is 48.1 Å². The Bertz CT molecular complexity index is 470. The Morgan fingerprint density at radius 3 is 3.06 bits per heavy atom. The molecule has 0 spiro atoms. The summed E-state index contributed by atoms with van der Waals surface area (Å²) in [4.78, 5) is 4.26. The van der Waals surface area contributed by atoms with Crippen LogP contribution in [-0.2, 0) is 0 Å². The van der Waals surface area contributed by atoms with Crippen LogP contribution in [0.3, 0.4) is 0 Å². The van der Waals surface area contributed by atoms with Crippen molar-refractivity contribution in [1.82, 2.24) is 4.98 Å². The molecule has 1 aromatic carbocycles. The molecule has 16 heavy (non-hydrogen) atoms. The van der Waals surface area contributed by atoms with Gasteiger partial charge in [0, 0.05) is 11.6 Å². The van der Waals surface area contributed by atoms with E-state index in [2.05, 4.69) is 4.98 Å². The zero-order valence-corrected chi connectivity index (χ0v) is 9.39. The van der Waals surface area contributed by atoms with Gasteiger partial charge in [0.25, 0.3) is 0 Å². The second-order valence-electron chi connectivity index (χ2n) is 3.86. The standard InChI is InChI=1S/C13H16N2O/c1-10(6-7-14)16-12-4-5-13-11(9-12)3-2-8-15-13/h2-5,8-10H,6-7,14H2,1H3. The van der Waals surface area contributed by atoms with Crippen LogP contribution in [0.5, 0.6) is 5.75 Å². The first-order chi connectivity index (χ1) is 7.79. The molecule has 0 bridgehead atoms. The van der Waals surface area contributed by atoms with Crippen LogP contribution >= 0.6 is 0 Å². The van der Waals surface area contributed by atoms with Gasteiger partial charge in [0.1, 0.15) is 5.75 Å². The number of pyridine rings is 1. The molecule has 84 valence electrons. The summed E-state index contributed by atoms with van der Waals surface area (Å²) in [5.74, 6) is 0.876. The minimum Gasteiger partial charge on any atom is -0.491 e. The van der Waals surface area contributed by atoms with E-state index in [0.717, 1.165) is 23.1 Å². The summed E-state index contributed by atoms with van der Waals surface area (Å²) >= 11 is 0. The summed E-state index contributed by atoms with van der Waals surface area (Å²) in [5, 5.41) is 1.10. The molecule has 3 nitrogen and oxygen atoms in total. The lowest BCUT2D eigenvalue weighted by Gasteiger charge is -2.13. The molecule has 0 radical (unpaired) electrons. The van der Waals surface area contributed by atoms with E-state index in [-0.39, 0.29) is 6.10 Å². The maximum Gasteiger partial charge on any atom is 0.120 e. The van der Waals surface area contributed by atoms with Gasteiger partial charge in [-0.05, 0) is 44.2 Å². The second-order valence-corrected chi connectivity index (χ2v) is 3.86. The molecule has 0 amide bonds. The predicted molar refractivity (Wildman–Crippen MR) is 65.5 cm³/mol. The van der Waals surface area contributed by atoms with Gasteiger partial charge >= 0.3 is 0 Å². The molecule has 0 saturated carbocycles. The van der Waals surface area contributed by atoms with E-state index in [9.17, 15) is 0 Å². The van der Waals surface area contributed by atoms with Crippen LogP contribution in [0, 0.1) is 0 Å². The summed E-state index contributed by atoms with van der Waals surface area (Å²) in [6, 6.07) is 9.88. The third-order valence-electron chi connectivity index (χ3n) is 2.48. The van der Waals surface area contributed by atoms with Crippen molar-refractivity contribution in [3.05, 3.63) is 36.5 Å². The number of rotatable bonds is 4. The molecule has 0 aliphatic heterocycles.